The van der Waals surface area contributed by atoms with Crippen molar-refractivity contribution in [3.63, 3.8) is 0 Å². The summed E-state index contributed by atoms with van der Waals surface area (Å²) in [5.41, 5.74) is 4.66. The molecule has 3 rings (SSSR count). The van der Waals surface area contributed by atoms with E-state index in [1.54, 1.807) is 24.3 Å². The number of hydrogen-bond acceptors (Lipinski definition) is 8. The molecular formula is C21H23N3O8. The standard InChI is InChI=1S/C21H23N3O8/c1-28-15-8-12(9-16(29-2)19(15)30-3)20(26)22-10-18(25)23-24-21(27)17-11-31-13-6-4-5-7-14(13)32-17/h4-9,17H,10-11H2,1-3H3,(H,22,26)(H,23,25)(H,24,27)/t17-/m0/s1. The molecule has 0 unspecified atom stereocenters. The van der Waals surface area contributed by atoms with Gasteiger partial charge in [0, 0.05) is 5.56 Å². The van der Waals surface area contributed by atoms with Gasteiger partial charge in [0.2, 0.25) is 11.9 Å². The Morgan fingerprint density at radius 1 is 0.969 bits per heavy atom. The lowest BCUT2D eigenvalue weighted by molar-refractivity contribution is -0.134. The average Bonchev–Trinajstić information content (AvgIpc) is 2.84. The summed E-state index contributed by atoms with van der Waals surface area (Å²) in [5.74, 6) is 0.114. The first-order valence-electron chi connectivity index (χ1n) is 9.52. The molecule has 0 aromatic heterocycles. The highest BCUT2D eigenvalue weighted by molar-refractivity contribution is 5.97. The van der Waals surface area contributed by atoms with Crippen molar-refractivity contribution in [3.8, 4) is 28.7 Å². The Balaban J connectivity index is 1.50. The third-order valence-corrected chi connectivity index (χ3v) is 4.46. The van der Waals surface area contributed by atoms with Gasteiger partial charge in [-0.25, -0.2) is 0 Å². The molecule has 1 aliphatic heterocycles. The summed E-state index contributed by atoms with van der Waals surface area (Å²) in [5, 5.41) is 2.44. The van der Waals surface area contributed by atoms with Gasteiger partial charge >= 0.3 is 0 Å². The van der Waals surface area contributed by atoms with E-state index in [0.29, 0.717) is 28.7 Å². The Bertz CT molecular complexity index is 985. The lowest BCUT2D eigenvalue weighted by Gasteiger charge is -2.25. The highest BCUT2D eigenvalue weighted by Crippen LogP contribution is 2.38. The number of nitrogens with one attached hydrogen (secondary N) is 3. The molecule has 32 heavy (non-hydrogen) atoms. The fraction of sp³-hybridized carbons (Fsp3) is 0.286. The number of methoxy groups -OCH3 is 3. The Morgan fingerprint density at radius 2 is 1.62 bits per heavy atom. The van der Waals surface area contributed by atoms with Crippen LogP contribution in [0.2, 0.25) is 0 Å². The zero-order valence-electron chi connectivity index (χ0n) is 17.7. The molecular weight excluding hydrogens is 422 g/mol. The number of rotatable bonds is 7. The summed E-state index contributed by atoms with van der Waals surface area (Å²) in [7, 11) is 4.30. The molecule has 3 amide bonds. The monoisotopic (exact) mass is 445 g/mol. The third kappa shape index (κ3) is 5.12. The Morgan fingerprint density at radius 3 is 2.25 bits per heavy atom. The number of ether oxygens (including phenoxy) is 5. The van der Waals surface area contributed by atoms with Gasteiger partial charge in [0.25, 0.3) is 17.7 Å². The summed E-state index contributed by atoms with van der Waals surface area (Å²) in [4.78, 5) is 36.7. The summed E-state index contributed by atoms with van der Waals surface area (Å²) >= 11 is 0. The number of benzene rings is 2. The zero-order valence-corrected chi connectivity index (χ0v) is 17.7. The minimum Gasteiger partial charge on any atom is -0.493 e. The number of hydrazine groups is 1. The molecule has 0 spiro atoms. The van der Waals surface area contributed by atoms with Crippen molar-refractivity contribution >= 4 is 17.7 Å². The van der Waals surface area contributed by atoms with Gasteiger partial charge in [-0.3, -0.25) is 25.2 Å². The van der Waals surface area contributed by atoms with Crippen LogP contribution >= 0.6 is 0 Å². The van der Waals surface area contributed by atoms with Crippen LogP contribution in [-0.4, -0.2) is 58.3 Å². The Labute approximate surface area is 183 Å². The first kappa shape index (κ1) is 22.5. The number of fused-ring (bicyclic) bond motifs is 1. The van der Waals surface area contributed by atoms with E-state index in [4.69, 9.17) is 23.7 Å². The van der Waals surface area contributed by atoms with Crippen LogP contribution in [0.15, 0.2) is 36.4 Å². The van der Waals surface area contributed by atoms with Crippen LogP contribution in [-0.2, 0) is 9.59 Å². The first-order chi connectivity index (χ1) is 15.5. The smallest absolute Gasteiger partial charge is 0.283 e. The van der Waals surface area contributed by atoms with Crippen LogP contribution in [0.4, 0.5) is 0 Å². The van der Waals surface area contributed by atoms with Crippen LogP contribution in [0.3, 0.4) is 0 Å². The molecule has 0 aliphatic carbocycles. The fourth-order valence-electron chi connectivity index (χ4n) is 2.88. The van der Waals surface area contributed by atoms with Crippen LogP contribution in [0, 0.1) is 0 Å². The predicted octanol–water partition coefficient (Wildman–Crippen LogP) is 0.430. The topological polar surface area (TPSA) is 133 Å². The molecule has 170 valence electrons. The Kier molecular flexibility index (Phi) is 7.21. The van der Waals surface area contributed by atoms with Crippen molar-refractivity contribution in [3.05, 3.63) is 42.0 Å². The number of carbonyl (C=O) groups is 3. The normalized spacial score (nSPS) is 14.0. The van der Waals surface area contributed by atoms with Gasteiger partial charge in [-0.1, -0.05) is 12.1 Å². The molecule has 0 bridgehead atoms. The molecule has 3 N–H and O–H groups in total. The van der Waals surface area contributed by atoms with Gasteiger partial charge in [0.1, 0.15) is 6.61 Å². The number of amides is 3. The lowest BCUT2D eigenvalue weighted by Crippen LogP contribution is -2.52. The van der Waals surface area contributed by atoms with Crippen LogP contribution in [0.1, 0.15) is 10.4 Å². The van der Waals surface area contributed by atoms with Crippen molar-refractivity contribution in [2.24, 2.45) is 0 Å². The second-order valence-corrected chi connectivity index (χ2v) is 6.50. The highest BCUT2D eigenvalue weighted by Gasteiger charge is 2.27. The summed E-state index contributed by atoms with van der Waals surface area (Å²) in [6.45, 7) is -0.392. The molecule has 0 fully saturated rings. The van der Waals surface area contributed by atoms with E-state index in [2.05, 4.69) is 16.2 Å². The van der Waals surface area contributed by atoms with Gasteiger partial charge in [0.05, 0.1) is 27.9 Å². The van der Waals surface area contributed by atoms with Crippen molar-refractivity contribution in [2.75, 3.05) is 34.5 Å². The predicted molar refractivity (Wildman–Crippen MR) is 111 cm³/mol. The van der Waals surface area contributed by atoms with Crippen LogP contribution in [0.25, 0.3) is 0 Å². The van der Waals surface area contributed by atoms with Crippen molar-refractivity contribution in [1.29, 1.82) is 0 Å². The van der Waals surface area contributed by atoms with E-state index >= 15 is 0 Å². The summed E-state index contributed by atoms with van der Waals surface area (Å²) < 4.78 is 26.6. The maximum absolute atomic E-state index is 12.4. The highest BCUT2D eigenvalue weighted by atomic mass is 16.6. The van der Waals surface area contributed by atoms with Gasteiger partial charge in [-0.05, 0) is 24.3 Å². The molecule has 0 saturated carbocycles. The maximum atomic E-state index is 12.4. The number of hydrogen-bond donors (Lipinski definition) is 3. The number of carbonyl (C=O) groups excluding carboxylic acids is 3. The van der Waals surface area contributed by atoms with Crippen molar-refractivity contribution in [1.82, 2.24) is 16.2 Å². The average molecular weight is 445 g/mol. The lowest BCUT2D eigenvalue weighted by atomic mass is 10.1. The van der Waals surface area contributed by atoms with E-state index < -0.39 is 23.8 Å². The van der Waals surface area contributed by atoms with E-state index in [1.807, 2.05) is 0 Å². The van der Waals surface area contributed by atoms with E-state index in [0.717, 1.165) is 0 Å². The SMILES string of the molecule is COc1cc(C(=O)NCC(=O)NNC(=O)[C@@H]2COc3ccccc3O2)cc(OC)c1OC. The molecule has 1 heterocycles. The van der Waals surface area contributed by atoms with E-state index in [9.17, 15) is 14.4 Å². The molecule has 0 saturated heterocycles. The minimum atomic E-state index is -0.931. The molecule has 1 aliphatic rings. The minimum absolute atomic E-state index is 0.00338. The van der Waals surface area contributed by atoms with E-state index in [1.165, 1.54) is 33.5 Å². The van der Waals surface area contributed by atoms with Crippen molar-refractivity contribution < 1.29 is 38.1 Å². The van der Waals surface area contributed by atoms with Gasteiger partial charge in [0.15, 0.2) is 23.0 Å². The molecule has 11 heteroatoms. The van der Waals surface area contributed by atoms with E-state index in [-0.39, 0.29) is 18.7 Å². The number of para-hydroxylation sites is 2. The fourth-order valence-corrected chi connectivity index (χ4v) is 2.88. The molecule has 1 atom stereocenters. The molecule has 0 radical (unpaired) electrons. The van der Waals surface area contributed by atoms with Crippen LogP contribution in [0.5, 0.6) is 28.7 Å². The summed E-state index contributed by atoms with van der Waals surface area (Å²) in [6.07, 6.45) is -0.931. The summed E-state index contributed by atoms with van der Waals surface area (Å²) in [6, 6.07) is 9.84. The molecule has 11 nitrogen and oxygen atoms in total. The van der Waals surface area contributed by atoms with Crippen molar-refractivity contribution in [2.45, 2.75) is 6.10 Å². The van der Waals surface area contributed by atoms with Crippen LogP contribution < -0.4 is 39.9 Å². The largest absolute Gasteiger partial charge is 0.493 e. The molecule has 2 aromatic carbocycles. The first-order valence-corrected chi connectivity index (χ1v) is 9.52. The third-order valence-electron chi connectivity index (χ3n) is 4.46. The van der Waals surface area contributed by atoms with Gasteiger partial charge < -0.3 is 29.0 Å². The van der Waals surface area contributed by atoms with Gasteiger partial charge in [-0.2, -0.15) is 0 Å². The quantitative estimate of drug-likeness (QED) is 0.523. The second kappa shape index (κ2) is 10.2. The maximum Gasteiger partial charge on any atom is 0.283 e. The van der Waals surface area contributed by atoms with Gasteiger partial charge in [-0.15, -0.1) is 0 Å². The second-order valence-electron chi connectivity index (χ2n) is 6.50. The molecule has 2 aromatic rings. The Hall–Kier alpha value is -4.15. The zero-order chi connectivity index (χ0) is 23.1.